The maximum atomic E-state index is 12.7. The largest absolute Gasteiger partial charge is 0.481 e. The fourth-order valence-corrected chi connectivity index (χ4v) is 6.32. The van der Waals surface area contributed by atoms with Crippen molar-refractivity contribution in [2.75, 3.05) is 0 Å². The molecule has 0 heterocycles. The molecule has 280 valence electrons. The first-order valence-electron chi connectivity index (χ1n) is 21.0. The van der Waals surface area contributed by atoms with Gasteiger partial charge in [-0.15, -0.1) is 0 Å². The fourth-order valence-electron chi connectivity index (χ4n) is 6.32. The topological polar surface area (TPSA) is 63.6 Å². The second-order valence-electron chi connectivity index (χ2n) is 14.2. The van der Waals surface area contributed by atoms with Crippen molar-refractivity contribution in [2.45, 2.75) is 232 Å². The summed E-state index contributed by atoms with van der Waals surface area (Å²) in [6.07, 6.45) is 51.8. The summed E-state index contributed by atoms with van der Waals surface area (Å²) in [5.41, 5.74) is 0. The van der Waals surface area contributed by atoms with Crippen molar-refractivity contribution in [3.63, 3.8) is 0 Å². The molecule has 0 saturated carbocycles. The van der Waals surface area contributed by atoms with Gasteiger partial charge in [-0.3, -0.25) is 9.59 Å². The monoisotopic (exact) mass is 673 g/mol. The van der Waals surface area contributed by atoms with Crippen molar-refractivity contribution in [3.05, 3.63) is 36.5 Å². The van der Waals surface area contributed by atoms with E-state index in [9.17, 15) is 9.59 Å². The first-order chi connectivity index (χ1) is 23.6. The zero-order valence-electron chi connectivity index (χ0n) is 32.0. The van der Waals surface area contributed by atoms with Gasteiger partial charge in [-0.1, -0.05) is 179 Å². The predicted molar refractivity (Wildman–Crippen MR) is 209 cm³/mol. The van der Waals surface area contributed by atoms with Crippen LogP contribution in [0.4, 0.5) is 0 Å². The maximum absolute atomic E-state index is 12.7. The van der Waals surface area contributed by atoms with Crippen LogP contribution in [0.5, 0.6) is 0 Å². The summed E-state index contributed by atoms with van der Waals surface area (Å²) < 4.78 is 6.06. The maximum Gasteiger partial charge on any atom is 0.306 e. The third-order valence-corrected chi connectivity index (χ3v) is 9.38. The van der Waals surface area contributed by atoms with Crippen LogP contribution < -0.4 is 0 Å². The van der Waals surface area contributed by atoms with Crippen LogP contribution in [0, 0.1) is 0 Å². The average molecular weight is 673 g/mol. The van der Waals surface area contributed by atoms with Crippen LogP contribution in [-0.4, -0.2) is 23.1 Å². The smallest absolute Gasteiger partial charge is 0.306 e. The zero-order valence-corrected chi connectivity index (χ0v) is 32.0. The van der Waals surface area contributed by atoms with Gasteiger partial charge in [0.1, 0.15) is 6.10 Å². The molecule has 1 unspecified atom stereocenters. The standard InChI is InChI=1S/C44H80O4/c1-3-5-7-9-11-13-14-15-16-17-18-19-20-25-29-33-37-41-44(47)48-42(38-34-30-26-12-10-8-6-4-2)39-35-31-27-23-21-22-24-28-32-36-40-43(45)46/h5,7,11,13,15-16,42H,3-4,6,8-10,12,14,17-41H2,1-2H3,(H,45,46)/b7-5-,13-11-,16-15-. The van der Waals surface area contributed by atoms with Crippen LogP contribution in [0.3, 0.4) is 0 Å². The van der Waals surface area contributed by atoms with Crippen molar-refractivity contribution in [2.24, 2.45) is 0 Å². The lowest BCUT2D eigenvalue weighted by molar-refractivity contribution is -0.150. The zero-order chi connectivity index (χ0) is 35.0. The number of unbranched alkanes of at least 4 members (excludes halogenated alkanes) is 23. The Labute approximate surface area is 299 Å². The van der Waals surface area contributed by atoms with Gasteiger partial charge in [0.05, 0.1) is 0 Å². The highest BCUT2D eigenvalue weighted by molar-refractivity contribution is 5.69. The Morgan fingerprint density at radius 3 is 1.35 bits per heavy atom. The minimum Gasteiger partial charge on any atom is -0.481 e. The second kappa shape index (κ2) is 39.6. The molecular formula is C44H80O4. The van der Waals surface area contributed by atoms with Crippen LogP contribution >= 0.6 is 0 Å². The minimum absolute atomic E-state index is 0.0296. The molecule has 1 atom stereocenters. The van der Waals surface area contributed by atoms with Gasteiger partial charge in [0.2, 0.25) is 0 Å². The molecule has 0 radical (unpaired) electrons. The highest BCUT2D eigenvalue weighted by Crippen LogP contribution is 2.19. The number of esters is 1. The minimum atomic E-state index is -0.674. The first kappa shape index (κ1) is 46.2. The lowest BCUT2D eigenvalue weighted by Gasteiger charge is -2.18. The molecule has 0 saturated heterocycles. The van der Waals surface area contributed by atoms with Crippen molar-refractivity contribution in [1.29, 1.82) is 0 Å². The summed E-state index contributed by atoms with van der Waals surface area (Å²) in [7, 11) is 0. The van der Waals surface area contributed by atoms with E-state index in [4.69, 9.17) is 9.84 Å². The normalized spacial score (nSPS) is 12.5. The molecule has 0 aliphatic rings. The van der Waals surface area contributed by atoms with Crippen molar-refractivity contribution in [3.8, 4) is 0 Å². The van der Waals surface area contributed by atoms with Gasteiger partial charge < -0.3 is 9.84 Å². The highest BCUT2D eigenvalue weighted by Gasteiger charge is 2.14. The number of carboxylic acid groups (broad SMARTS) is 1. The van der Waals surface area contributed by atoms with E-state index < -0.39 is 5.97 Å². The van der Waals surface area contributed by atoms with Gasteiger partial charge in [-0.25, -0.2) is 0 Å². The third-order valence-electron chi connectivity index (χ3n) is 9.38. The van der Waals surface area contributed by atoms with Gasteiger partial charge in [-0.05, 0) is 70.6 Å². The number of allylic oxidation sites excluding steroid dienone is 6. The van der Waals surface area contributed by atoms with Gasteiger partial charge in [-0.2, -0.15) is 0 Å². The van der Waals surface area contributed by atoms with E-state index in [-0.39, 0.29) is 12.1 Å². The molecule has 0 spiro atoms. The van der Waals surface area contributed by atoms with Gasteiger partial charge in [0.25, 0.3) is 0 Å². The Kier molecular flexibility index (Phi) is 38.1. The molecule has 0 aromatic carbocycles. The molecule has 0 aliphatic carbocycles. The first-order valence-corrected chi connectivity index (χ1v) is 21.0. The molecule has 0 aromatic heterocycles. The highest BCUT2D eigenvalue weighted by atomic mass is 16.5. The number of aliphatic carboxylic acids is 1. The second-order valence-corrected chi connectivity index (χ2v) is 14.2. The Balaban J connectivity index is 4.02. The number of hydrogen-bond donors (Lipinski definition) is 1. The van der Waals surface area contributed by atoms with Crippen LogP contribution in [0.15, 0.2) is 36.5 Å². The number of carbonyl (C=O) groups excluding carboxylic acids is 1. The molecule has 0 fully saturated rings. The molecular weight excluding hydrogens is 592 g/mol. The van der Waals surface area contributed by atoms with Crippen LogP contribution in [0.2, 0.25) is 0 Å². The van der Waals surface area contributed by atoms with E-state index in [1.807, 2.05) is 0 Å². The van der Waals surface area contributed by atoms with Crippen molar-refractivity contribution in [1.82, 2.24) is 0 Å². The fraction of sp³-hybridized carbons (Fsp3) is 0.818. The van der Waals surface area contributed by atoms with E-state index in [0.29, 0.717) is 12.8 Å². The van der Waals surface area contributed by atoms with Gasteiger partial charge in [0.15, 0.2) is 0 Å². The van der Waals surface area contributed by atoms with Crippen LogP contribution in [-0.2, 0) is 14.3 Å². The summed E-state index contributed by atoms with van der Waals surface area (Å²) in [5, 5.41) is 8.72. The quantitative estimate of drug-likeness (QED) is 0.0403. The summed E-state index contributed by atoms with van der Waals surface area (Å²) >= 11 is 0. The van der Waals surface area contributed by atoms with Crippen LogP contribution in [0.25, 0.3) is 0 Å². The van der Waals surface area contributed by atoms with E-state index in [0.717, 1.165) is 70.6 Å². The Morgan fingerprint density at radius 2 is 0.875 bits per heavy atom. The molecule has 4 nitrogen and oxygen atoms in total. The number of ether oxygens (including phenoxy) is 1. The van der Waals surface area contributed by atoms with Crippen LogP contribution in [0.1, 0.15) is 226 Å². The van der Waals surface area contributed by atoms with E-state index in [1.165, 1.54) is 128 Å². The Bertz CT molecular complexity index is 768. The lowest BCUT2D eigenvalue weighted by Crippen LogP contribution is -2.18. The van der Waals surface area contributed by atoms with Gasteiger partial charge in [0, 0.05) is 12.8 Å². The number of carbonyl (C=O) groups is 2. The molecule has 0 amide bonds. The third kappa shape index (κ3) is 38.6. The molecule has 0 bridgehead atoms. The molecule has 0 aromatic rings. The van der Waals surface area contributed by atoms with E-state index in [2.05, 4.69) is 50.3 Å². The number of rotatable bonds is 38. The van der Waals surface area contributed by atoms with Crippen molar-refractivity contribution < 1.29 is 19.4 Å². The van der Waals surface area contributed by atoms with Gasteiger partial charge >= 0.3 is 11.9 Å². The van der Waals surface area contributed by atoms with E-state index in [1.54, 1.807) is 0 Å². The van der Waals surface area contributed by atoms with Crippen molar-refractivity contribution >= 4 is 11.9 Å². The summed E-state index contributed by atoms with van der Waals surface area (Å²) in [6.45, 7) is 4.44. The Hall–Kier alpha value is -1.84. The number of hydrogen-bond acceptors (Lipinski definition) is 3. The summed E-state index contributed by atoms with van der Waals surface area (Å²) in [4.78, 5) is 23.3. The Morgan fingerprint density at radius 1 is 0.479 bits per heavy atom. The lowest BCUT2D eigenvalue weighted by atomic mass is 10.0. The molecule has 0 aliphatic heterocycles. The number of carboxylic acids is 1. The summed E-state index contributed by atoms with van der Waals surface area (Å²) in [6, 6.07) is 0. The molecule has 48 heavy (non-hydrogen) atoms. The summed E-state index contributed by atoms with van der Waals surface area (Å²) in [5.74, 6) is -0.645. The molecule has 0 rings (SSSR count). The SMILES string of the molecule is CC/C=C\C/C=C\C/C=C\CCCCCCCCCC(=O)OC(CCCCCCCCCC)CCCCCCCCCCCCC(=O)O. The van der Waals surface area contributed by atoms with E-state index >= 15 is 0 Å². The molecule has 4 heteroatoms. The average Bonchev–Trinajstić information content (AvgIpc) is 3.07. The predicted octanol–water partition coefficient (Wildman–Crippen LogP) is 14.6. The molecule has 1 N–H and O–H groups in total.